The molecule has 0 saturated carbocycles. The molecule has 2 aromatic carbocycles. The first-order chi connectivity index (χ1) is 11.1. The van der Waals surface area contributed by atoms with Crippen LogP contribution in [0.3, 0.4) is 0 Å². The molecule has 116 valence electrons. The predicted molar refractivity (Wildman–Crippen MR) is 87.3 cm³/mol. The van der Waals surface area contributed by atoms with Crippen LogP contribution in [0, 0.1) is 0 Å². The summed E-state index contributed by atoms with van der Waals surface area (Å²) in [6, 6.07) is 14.6. The second kappa shape index (κ2) is 5.96. The molecule has 5 heteroatoms. The maximum atomic E-state index is 12.4. The molecule has 0 saturated heterocycles. The fraction of sp³-hybridized carbons (Fsp3) is 0.111. The number of para-hydroxylation sites is 1. The van der Waals surface area contributed by atoms with Crippen molar-refractivity contribution >= 4 is 29.2 Å². The quantitative estimate of drug-likeness (QED) is 0.882. The van der Waals surface area contributed by atoms with Gasteiger partial charge in [0.2, 0.25) is 0 Å². The highest BCUT2D eigenvalue weighted by atomic mass is 16.5. The Balaban J connectivity index is 1.94. The number of anilines is 1. The van der Waals surface area contributed by atoms with Crippen molar-refractivity contribution < 1.29 is 19.4 Å². The fourth-order valence-electron chi connectivity index (χ4n) is 2.54. The SMILES string of the molecule is CN1C(=O)C(=Cc2cccc(OCC(=O)O)c2)c2ccccc21. The molecule has 0 unspecified atom stereocenters. The molecule has 5 nitrogen and oxygen atoms in total. The van der Waals surface area contributed by atoms with Gasteiger partial charge in [-0.3, -0.25) is 4.79 Å². The van der Waals surface area contributed by atoms with Gasteiger partial charge in [-0.15, -0.1) is 0 Å². The average Bonchev–Trinajstić information content (AvgIpc) is 2.79. The Morgan fingerprint density at radius 1 is 1.22 bits per heavy atom. The van der Waals surface area contributed by atoms with Gasteiger partial charge < -0.3 is 14.7 Å². The number of likely N-dealkylation sites (N-methyl/N-ethyl adjacent to an activating group) is 1. The van der Waals surface area contributed by atoms with Crippen LogP contribution in [0.1, 0.15) is 11.1 Å². The molecule has 1 heterocycles. The number of aliphatic carboxylic acids is 1. The van der Waals surface area contributed by atoms with Crippen molar-refractivity contribution in [1.82, 2.24) is 0 Å². The third kappa shape index (κ3) is 2.94. The van der Waals surface area contributed by atoms with Crippen molar-refractivity contribution in [1.29, 1.82) is 0 Å². The predicted octanol–water partition coefficient (Wildman–Crippen LogP) is 2.67. The summed E-state index contributed by atoms with van der Waals surface area (Å²) >= 11 is 0. The van der Waals surface area contributed by atoms with Gasteiger partial charge in [-0.1, -0.05) is 30.3 Å². The molecule has 1 N–H and O–H groups in total. The molecule has 1 amide bonds. The first-order valence-corrected chi connectivity index (χ1v) is 7.10. The van der Waals surface area contributed by atoms with E-state index < -0.39 is 12.6 Å². The summed E-state index contributed by atoms with van der Waals surface area (Å²) in [7, 11) is 1.74. The molecule has 0 fully saturated rings. The summed E-state index contributed by atoms with van der Waals surface area (Å²) in [5.74, 6) is -0.646. The monoisotopic (exact) mass is 309 g/mol. The van der Waals surface area contributed by atoms with E-state index in [-0.39, 0.29) is 5.91 Å². The van der Waals surface area contributed by atoms with Crippen LogP contribution in [0.5, 0.6) is 5.75 Å². The van der Waals surface area contributed by atoms with Crippen molar-refractivity contribution in [2.24, 2.45) is 0 Å². The van der Waals surface area contributed by atoms with Crippen LogP contribution in [-0.2, 0) is 9.59 Å². The van der Waals surface area contributed by atoms with E-state index in [9.17, 15) is 9.59 Å². The van der Waals surface area contributed by atoms with Crippen molar-refractivity contribution in [3.8, 4) is 5.75 Å². The number of carboxylic acids is 1. The third-order valence-electron chi connectivity index (χ3n) is 3.62. The normalized spacial score (nSPS) is 14.9. The summed E-state index contributed by atoms with van der Waals surface area (Å²) in [5.41, 5.74) is 3.15. The minimum Gasteiger partial charge on any atom is -0.482 e. The Morgan fingerprint density at radius 2 is 2.00 bits per heavy atom. The number of ether oxygens (including phenoxy) is 1. The number of carbonyl (C=O) groups is 2. The molecule has 0 aromatic heterocycles. The van der Waals surface area contributed by atoms with E-state index in [0.717, 1.165) is 16.8 Å². The number of hydrogen-bond acceptors (Lipinski definition) is 3. The van der Waals surface area contributed by atoms with Crippen LogP contribution in [0.15, 0.2) is 48.5 Å². The van der Waals surface area contributed by atoms with Crippen molar-refractivity contribution in [2.45, 2.75) is 0 Å². The van der Waals surface area contributed by atoms with Crippen molar-refractivity contribution in [3.63, 3.8) is 0 Å². The van der Waals surface area contributed by atoms with Crippen molar-refractivity contribution in [2.75, 3.05) is 18.6 Å². The summed E-state index contributed by atoms with van der Waals surface area (Å²) in [4.78, 5) is 24.6. The molecular formula is C18H15NO4. The topological polar surface area (TPSA) is 66.8 Å². The lowest BCUT2D eigenvalue weighted by molar-refractivity contribution is -0.139. The number of benzene rings is 2. The van der Waals surface area contributed by atoms with Gasteiger partial charge in [-0.2, -0.15) is 0 Å². The molecule has 0 radical (unpaired) electrons. The standard InChI is InChI=1S/C18H15NO4/c1-19-16-8-3-2-7-14(16)15(18(19)22)10-12-5-4-6-13(9-12)23-11-17(20)21/h2-10H,11H2,1H3,(H,20,21). The van der Waals surface area contributed by atoms with Crippen LogP contribution < -0.4 is 9.64 Å². The van der Waals surface area contributed by atoms with Crippen LogP contribution in [-0.4, -0.2) is 30.6 Å². The molecule has 0 aliphatic carbocycles. The molecule has 1 aliphatic heterocycles. The van der Waals surface area contributed by atoms with Gasteiger partial charge >= 0.3 is 5.97 Å². The molecule has 23 heavy (non-hydrogen) atoms. The summed E-state index contributed by atoms with van der Waals surface area (Å²) in [6.45, 7) is -0.398. The number of nitrogens with zero attached hydrogens (tertiary/aromatic N) is 1. The highest BCUT2D eigenvalue weighted by molar-refractivity contribution is 6.35. The van der Waals surface area contributed by atoms with Gasteiger partial charge in [0.1, 0.15) is 5.75 Å². The van der Waals surface area contributed by atoms with E-state index in [1.807, 2.05) is 30.3 Å². The average molecular weight is 309 g/mol. The Bertz CT molecular complexity index is 810. The second-order valence-corrected chi connectivity index (χ2v) is 5.19. The van der Waals surface area contributed by atoms with E-state index in [1.165, 1.54) is 0 Å². The maximum Gasteiger partial charge on any atom is 0.341 e. The lowest BCUT2D eigenvalue weighted by Gasteiger charge is -2.08. The Kier molecular flexibility index (Phi) is 3.85. The third-order valence-corrected chi connectivity index (χ3v) is 3.62. The molecule has 3 rings (SSSR count). The molecular weight excluding hydrogens is 294 g/mol. The zero-order chi connectivity index (χ0) is 16.4. The number of carbonyl (C=O) groups excluding carboxylic acids is 1. The molecule has 1 aliphatic rings. The van der Waals surface area contributed by atoms with Crippen molar-refractivity contribution in [3.05, 3.63) is 59.7 Å². The van der Waals surface area contributed by atoms with Gasteiger partial charge in [0.25, 0.3) is 5.91 Å². The lowest BCUT2D eigenvalue weighted by Crippen LogP contribution is -2.20. The van der Waals surface area contributed by atoms with Gasteiger partial charge in [0, 0.05) is 18.2 Å². The number of fused-ring (bicyclic) bond motifs is 1. The van der Waals surface area contributed by atoms with Crippen LogP contribution in [0.25, 0.3) is 11.6 Å². The molecule has 2 aromatic rings. The van der Waals surface area contributed by atoms with Crippen LogP contribution in [0.4, 0.5) is 5.69 Å². The number of rotatable bonds is 4. The van der Waals surface area contributed by atoms with Gasteiger partial charge in [0.15, 0.2) is 6.61 Å². The zero-order valence-electron chi connectivity index (χ0n) is 12.5. The van der Waals surface area contributed by atoms with Crippen LogP contribution >= 0.6 is 0 Å². The lowest BCUT2D eigenvalue weighted by atomic mass is 10.0. The Labute approximate surface area is 133 Å². The van der Waals surface area contributed by atoms with Gasteiger partial charge in [0.05, 0.1) is 5.69 Å². The minimum absolute atomic E-state index is 0.0666. The van der Waals surface area contributed by atoms with E-state index in [4.69, 9.17) is 9.84 Å². The fourth-order valence-corrected chi connectivity index (χ4v) is 2.54. The van der Waals surface area contributed by atoms with E-state index >= 15 is 0 Å². The number of carboxylic acid groups (broad SMARTS) is 1. The highest BCUT2D eigenvalue weighted by Gasteiger charge is 2.28. The Morgan fingerprint density at radius 3 is 2.78 bits per heavy atom. The number of hydrogen-bond donors (Lipinski definition) is 1. The van der Waals surface area contributed by atoms with E-state index in [0.29, 0.717) is 11.3 Å². The summed E-state index contributed by atoms with van der Waals surface area (Å²) in [6.07, 6.45) is 1.79. The van der Waals surface area contributed by atoms with Crippen LogP contribution in [0.2, 0.25) is 0 Å². The maximum absolute atomic E-state index is 12.4. The molecule has 0 bridgehead atoms. The molecule has 0 spiro atoms. The Hall–Kier alpha value is -3.08. The molecule has 0 atom stereocenters. The first-order valence-electron chi connectivity index (χ1n) is 7.10. The van der Waals surface area contributed by atoms with Gasteiger partial charge in [-0.25, -0.2) is 4.79 Å². The number of amides is 1. The largest absolute Gasteiger partial charge is 0.482 e. The minimum atomic E-state index is -1.03. The summed E-state index contributed by atoms with van der Waals surface area (Å²) in [5, 5.41) is 8.66. The summed E-state index contributed by atoms with van der Waals surface area (Å²) < 4.78 is 5.17. The first kappa shape index (κ1) is 14.8. The smallest absolute Gasteiger partial charge is 0.341 e. The van der Waals surface area contributed by atoms with Gasteiger partial charge in [-0.05, 0) is 29.8 Å². The second-order valence-electron chi connectivity index (χ2n) is 5.19. The highest BCUT2D eigenvalue weighted by Crippen LogP contribution is 2.36. The van der Waals surface area contributed by atoms with E-state index in [1.54, 1.807) is 36.2 Å². The zero-order valence-corrected chi connectivity index (χ0v) is 12.5. The van der Waals surface area contributed by atoms with E-state index in [2.05, 4.69) is 0 Å².